The highest BCUT2D eigenvalue weighted by Gasteiger charge is 2.02. The standard InChI is InChI=1S/C14H15N3O2/c1-10-3-2-4-13(16-10)17-14(19)15-9-11-5-7-12(18)8-6-11/h2-8,18H,9H2,1H3,(H2,15,16,17,19). The third-order valence-electron chi connectivity index (χ3n) is 2.52. The summed E-state index contributed by atoms with van der Waals surface area (Å²) in [5.74, 6) is 0.723. The zero-order valence-electron chi connectivity index (χ0n) is 10.6. The molecule has 0 bridgehead atoms. The van der Waals surface area contributed by atoms with Gasteiger partial charge in [0.15, 0.2) is 0 Å². The van der Waals surface area contributed by atoms with Gasteiger partial charge < -0.3 is 10.4 Å². The number of aryl methyl sites for hydroxylation is 1. The lowest BCUT2D eigenvalue weighted by molar-refractivity contribution is 0.251. The van der Waals surface area contributed by atoms with Gasteiger partial charge in [-0.05, 0) is 36.8 Å². The molecule has 1 aromatic heterocycles. The lowest BCUT2D eigenvalue weighted by Crippen LogP contribution is -2.28. The molecule has 0 atom stereocenters. The maximum Gasteiger partial charge on any atom is 0.320 e. The molecular weight excluding hydrogens is 242 g/mol. The van der Waals surface area contributed by atoms with Crippen molar-refractivity contribution in [2.24, 2.45) is 0 Å². The summed E-state index contributed by atoms with van der Waals surface area (Å²) in [5, 5.41) is 14.5. The topological polar surface area (TPSA) is 74.2 Å². The van der Waals surface area contributed by atoms with Gasteiger partial charge in [-0.15, -0.1) is 0 Å². The van der Waals surface area contributed by atoms with Crippen molar-refractivity contribution in [3.8, 4) is 5.75 Å². The number of urea groups is 1. The number of pyridine rings is 1. The zero-order chi connectivity index (χ0) is 13.7. The molecule has 98 valence electrons. The van der Waals surface area contributed by atoms with E-state index in [0.29, 0.717) is 12.4 Å². The number of carbonyl (C=O) groups excluding carboxylic acids is 1. The Morgan fingerprint density at radius 2 is 1.95 bits per heavy atom. The number of hydrogen-bond acceptors (Lipinski definition) is 3. The molecule has 19 heavy (non-hydrogen) atoms. The van der Waals surface area contributed by atoms with E-state index in [1.54, 1.807) is 30.3 Å². The maximum atomic E-state index is 11.7. The summed E-state index contributed by atoms with van der Waals surface area (Å²) in [5.41, 5.74) is 1.75. The number of carbonyl (C=O) groups is 1. The highest BCUT2D eigenvalue weighted by atomic mass is 16.3. The Labute approximate surface area is 111 Å². The highest BCUT2D eigenvalue weighted by Crippen LogP contribution is 2.09. The lowest BCUT2D eigenvalue weighted by Gasteiger charge is -2.07. The molecule has 0 fully saturated rings. The van der Waals surface area contributed by atoms with Crippen molar-refractivity contribution in [2.75, 3.05) is 5.32 Å². The molecule has 0 spiro atoms. The molecule has 2 amide bonds. The number of rotatable bonds is 3. The number of nitrogens with one attached hydrogen (secondary N) is 2. The van der Waals surface area contributed by atoms with Crippen molar-refractivity contribution < 1.29 is 9.90 Å². The van der Waals surface area contributed by atoms with Gasteiger partial charge in [-0.3, -0.25) is 5.32 Å². The number of aromatic nitrogens is 1. The molecule has 0 saturated heterocycles. The van der Waals surface area contributed by atoms with E-state index in [1.807, 2.05) is 19.1 Å². The Morgan fingerprint density at radius 3 is 2.63 bits per heavy atom. The first-order valence-electron chi connectivity index (χ1n) is 5.90. The Hall–Kier alpha value is -2.56. The van der Waals surface area contributed by atoms with Gasteiger partial charge in [0.1, 0.15) is 11.6 Å². The molecule has 5 nitrogen and oxygen atoms in total. The van der Waals surface area contributed by atoms with Crippen LogP contribution in [0.3, 0.4) is 0 Å². The van der Waals surface area contributed by atoms with Crippen LogP contribution < -0.4 is 10.6 Å². The number of benzene rings is 1. The van der Waals surface area contributed by atoms with Gasteiger partial charge in [-0.25, -0.2) is 9.78 Å². The molecular formula is C14H15N3O2. The third-order valence-corrected chi connectivity index (χ3v) is 2.52. The molecule has 1 heterocycles. The molecule has 5 heteroatoms. The number of phenolic OH excluding ortho intramolecular Hbond substituents is 1. The van der Waals surface area contributed by atoms with Crippen LogP contribution in [0.5, 0.6) is 5.75 Å². The van der Waals surface area contributed by atoms with E-state index >= 15 is 0 Å². The number of aromatic hydroxyl groups is 1. The van der Waals surface area contributed by atoms with Crippen LogP contribution in [0.25, 0.3) is 0 Å². The van der Waals surface area contributed by atoms with E-state index in [2.05, 4.69) is 15.6 Å². The van der Waals surface area contributed by atoms with Gasteiger partial charge in [0.05, 0.1) is 0 Å². The number of amides is 2. The summed E-state index contributed by atoms with van der Waals surface area (Å²) in [7, 11) is 0. The van der Waals surface area contributed by atoms with E-state index in [1.165, 1.54) is 0 Å². The van der Waals surface area contributed by atoms with Gasteiger partial charge in [-0.1, -0.05) is 18.2 Å². The minimum absolute atomic E-state index is 0.206. The van der Waals surface area contributed by atoms with Crippen LogP contribution in [0.4, 0.5) is 10.6 Å². The van der Waals surface area contributed by atoms with E-state index < -0.39 is 0 Å². The van der Waals surface area contributed by atoms with Crippen LogP contribution in [-0.2, 0) is 6.54 Å². The summed E-state index contributed by atoms with van der Waals surface area (Å²) >= 11 is 0. The molecule has 0 radical (unpaired) electrons. The Kier molecular flexibility index (Phi) is 3.97. The molecule has 2 rings (SSSR count). The van der Waals surface area contributed by atoms with Crippen molar-refractivity contribution in [1.82, 2.24) is 10.3 Å². The first kappa shape index (κ1) is 12.9. The number of nitrogens with zero attached hydrogens (tertiary/aromatic N) is 1. The number of anilines is 1. The number of phenols is 1. The Bertz CT molecular complexity index is 567. The van der Waals surface area contributed by atoms with Crippen molar-refractivity contribution in [1.29, 1.82) is 0 Å². The Morgan fingerprint density at radius 1 is 1.21 bits per heavy atom. The average Bonchev–Trinajstić information content (AvgIpc) is 2.38. The predicted octanol–water partition coefficient (Wildman–Crippen LogP) is 2.42. The quantitative estimate of drug-likeness (QED) is 0.790. The minimum atomic E-state index is -0.314. The van der Waals surface area contributed by atoms with Crippen molar-refractivity contribution in [3.63, 3.8) is 0 Å². The van der Waals surface area contributed by atoms with Crippen LogP contribution in [-0.4, -0.2) is 16.1 Å². The second kappa shape index (κ2) is 5.86. The van der Waals surface area contributed by atoms with Crippen LogP contribution in [0.15, 0.2) is 42.5 Å². The SMILES string of the molecule is Cc1cccc(NC(=O)NCc2ccc(O)cc2)n1. The summed E-state index contributed by atoms with van der Waals surface area (Å²) in [6.45, 7) is 2.25. The van der Waals surface area contributed by atoms with Crippen molar-refractivity contribution in [3.05, 3.63) is 53.7 Å². The molecule has 1 aromatic carbocycles. The number of hydrogen-bond donors (Lipinski definition) is 3. The fourth-order valence-electron chi connectivity index (χ4n) is 1.57. The van der Waals surface area contributed by atoms with Gasteiger partial charge >= 0.3 is 6.03 Å². The molecule has 2 aromatic rings. The van der Waals surface area contributed by atoms with Crippen LogP contribution in [0.2, 0.25) is 0 Å². The molecule has 0 aliphatic heterocycles. The highest BCUT2D eigenvalue weighted by molar-refractivity contribution is 5.88. The first-order valence-corrected chi connectivity index (χ1v) is 5.90. The van der Waals surface area contributed by atoms with E-state index in [4.69, 9.17) is 5.11 Å². The second-order valence-electron chi connectivity index (χ2n) is 4.14. The van der Waals surface area contributed by atoms with Crippen LogP contribution in [0.1, 0.15) is 11.3 Å². The van der Waals surface area contributed by atoms with E-state index in [0.717, 1.165) is 11.3 Å². The van der Waals surface area contributed by atoms with Gasteiger partial charge in [0, 0.05) is 12.2 Å². The molecule has 0 aliphatic carbocycles. The average molecular weight is 257 g/mol. The van der Waals surface area contributed by atoms with Crippen molar-refractivity contribution in [2.45, 2.75) is 13.5 Å². The van der Waals surface area contributed by atoms with Crippen LogP contribution >= 0.6 is 0 Å². The van der Waals surface area contributed by atoms with E-state index in [-0.39, 0.29) is 11.8 Å². The minimum Gasteiger partial charge on any atom is -0.508 e. The molecule has 0 aliphatic rings. The first-order chi connectivity index (χ1) is 9.13. The third kappa shape index (κ3) is 3.99. The van der Waals surface area contributed by atoms with Crippen LogP contribution in [0, 0.1) is 6.92 Å². The van der Waals surface area contributed by atoms with E-state index in [9.17, 15) is 4.79 Å². The smallest absolute Gasteiger partial charge is 0.320 e. The van der Waals surface area contributed by atoms with Gasteiger partial charge in [-0.2, -0.15) is 0 Å². The zero-order valence-corrected chi connectivity index (χ0v) is 10.6. The summed E-state index contributed by atoms with van der Waals surface area (Å²) in [4.78, 5) is 15.8. The Balaban J connectivity index is 1.86. The summed E-state index contributed by atoms with van der Waals surface area (Å²) in [6.07, 6.45) is 0. The van der Waals surface area contributed by atoms with Crippen molar-refractivity contribution >= 4 is 11.8 Å². The fourth-order valence-corrected chi connectivity index (χ4v) is 1.57. The largest absolute Gasteiger partial charge is 0.508 e. The monoisotopic (exact) mass is 257 g/mol. The van der Waals surface area contributed by atoms with Gasteiger partial charge in [0.2, 0.25) is 0 Å². The molecule has 0 saturated carbocycles. The maximum absolute atomic E-state index is 11.7. The summed E-state index contributed by atoms with van der Waals surface area (Å²) in [6, 6.07) is 11.8. The fraction of sp³-hybridized carbons (Fsp3) is 0.143. The molecule has 0 unspecified atom stereocenters. The summed E-state index contributed by atoms with van der Waals surface area (Å²) < 4.78 is 0. The lowest BCUT2D eigenvalue weighted by atomic mass is 10.2. The van der Waals surface area contributed by atoms with Gasteiger partial charge in [0.25, 0.3) is 0 Å². The predicted molar refractivity (Wildman–Crippen MR) is 72.9 cm³/mol. The second-order valence-corrected chi connectivity index (χ2v) is 4.14. The normalized spacial score (nSPS) is 9.95. The molecule has 3 N–H and O–H groups in total.